The second-order valence-corrected chi connectivity index (χ2v) is 4.64. The molecule has 0 saturated carbocycles. The fourth-order valence-corrected chi connectivity index (χ4v) is 2.44. The molecule has 15 heavy (non-hydrogen) atoms. The van der Waals surface area contributed by atoms with Crippen LogP contribution in [0.15, 0.2) is 23.7 Å². The topological polar surface area (TPSA) is 36.4 Å². The van der Waals surface area contributed by atoms with Crippen molar-refractivity contribution in [1.82, 2.24) is 4.98 Å². The minimum absolute atomic E-state index is 0.342. The summed E-state index contributed by atoms with van der Waals surface area (Å²) >= 11 is 1.71. The number of nitrogens with zero attached hydrogens (tertiary/aromatic N) is 2. The van der Waals surface area contributed by atoms with Gasteiger partial charge in [0.25, 0.3) is 0 Å². The van der Waals surface area contributed by atoms with E-state index in [1.54, 1.807) is 18.3 Å². The highest BCUT2D eigenvalue weighted by Gasteiger charge is 2.09. The van der Waals surface area contributed by atoms with Gasteiger partial charge in [-0.05, 0) is 24.4 Å². The third-order valence-corrected chi connectivity index (χ3v) is 3.14. The van der Waals surface area contributed by atoms with E-state index in [-0.39, 0.29) is 6.10 Å². The van der Waals surface area contributed by atoms with E-state index in [9.17, 15) is 5.11 Å². The van der Waals surface area contributed by atoms with Gasteiger partial charge in [0.1, 0.15) is 5.82 Å². The van der Waals surface area contributed by atoms with Gasteiger partial charge in [0.05, 0.1) is 6.10 Å². The highest BCUT2D eigenvalue weighted by Crippen LogP contribution is 2.27. The Bertz CT molecular complexity index is 453. The van der Waals surface area contributed by atoms with Crippen LogP contribution in [-0.2, 0) is 0 Å². The Morgan fingerprint density at radius 3 is 3.07 bits per heavy atom. The molecular weight excluding hydrogens is 208 g/mol. The van der Waals surface area contributed by atoms with Crippen molar-refractivity contribution in [2.75, 3.05) is 18.5 Å². The van der Waals surface area contributed by atoms with Gasteiger partial charge >= 0.3 is 0 Å². The van der Waals surface area contributed by atoms with E-state index in [4.69, 9.17) is 0 Å². The molecule has 2 heterocycles. The molecule has 0 bridgehead atoms. The largest absolute Gasteiger partial charge is 0.392 e. The first-order chi connectivity index (χ1) is 7.18. The second-order valence-electron chi connectivity index (χ2n) is 3.70. The van der Waals surface area contributed by atoms with E-state index in [0.717, 1.165) is 11.2 Å². The van der Waals surface area contributed by atoms with Gasteiger partial charge in [0, 0.05) is 29.9 Å². The average Bonchev–Trinajstić information content (AvgIpc) is 2.63. The van der Waals surface area contributed by atoms with Crippen LogP contribution in [0.5, 0.6) is 0 Å². The maximum Gasteiger partial charge on any atom is 0.137 e. The number of thiophene rings is 1. The molecule has 0 aliphatic rings. The first-order valence-electron chi connectivity index (χ1n) is 4.90. The molecule has 80 valence electrons. The molecule has 0 amide bonds. The smallest absolute Gasteiger partial charge is 0.137 e. The van der Waals surface area contributed by atoms with E-state index in [2.05, 4.69) is 16.4 Å². The number of pyridine rings is 1. The SMILES string of the molecule is CC(O)CN(C)c1nccc2sccc12. The van der Waals surface area contributed by atoms with E-state index in [1.807, 2.05) is 24.2 Å². The number of aliphatic hydroxyl groups excluding tert-OH is 1. The Morgan fingerprint density at radius 2 is 2.33 bits per heavy atom. The number of aliphatic hydroxyl groups is 1. The summed E-state index contributed by atoms with van der Waals surface area (Å²) in [4.78, 5) is 6.34. The highest BCUT2D eigenvalue weighted by atomic mass is 32.1. The Morgan fingerprint density at radius 1 is 1.53 bits per heavy atom. The molecule has 0 radical (unpaired) electrons. The third-order valence-electron chi connectivity index (χ3n) is 2.26. The number of hydrogen-bond donors (Lipinski definition) is 1. The fourth-order valence-electron chi connectivity index (χ4n) is 1.67. The number of anilines is 1. The van der Waals surface area contributed by atoms with Gasteiger partial charge in [-0.15, -0.1) is 11.3 Å². The van der Waals surface area contributed by atoms with E-state index in [0.29, 0.717) is 6.54 Å². The highest BCUT2D eigenvalue weighted by molar-refractivity contribution is 7.17. The Hall–Kier alpha value is -1.13. The number of likely N-dealkylation sites (N-methyl/N-ethyl adjacent to an activating group) is 1. The molecule has 4 heteroatoms. The van der Waals surface area contributed by atoms with Crippen molar-refractivity contribution in [3.8, 4) is 0 Å². The molecule has 0 spiro atoms. The predicted octanol–water partition coefficient (Wildman–Crippen LogP) is 2.11. The summed E-state index contributed by atoms with van der Waals surface area (Å²) in [6, 6.07) is 4.08. The molecule has 0 fully saturated rings. The van der Waals surface area contributed by atoms with Gasteiger partial charge in [-0.1, -0.05) is 0 Å². The molecule has 0 aromatic carbocycles. The fraction of sp³-hybridized carbons (Fsp3) is 0.364. The molecule has 0 saturated heterocycles. The number of rotatable bonds is 3. The summed E-state index contributed by atoms with van der Waals surface area (Å²) in [6.45, 7) is 2.38. The van der Waals surface area contributed by atoms with Gasteiger partial charge < -0.3 is 10.0 Å². The standard InChI is InChI=1S/C11H14N2OS/c1-8(14)7-13(2)11-9-4-6-15-10(9)3-5-12-11/h3-6,8,14H,7H2,1-2H3. The van der Waals surface area contributed by atoms with Crippen LogP contribution in [0.25, 0.3) is 10.1 Å². The first kappa shape index (κ1) is 10.4. The molecule has 3 nitrogen and oxygen atoms in total. The lowest BCUT2D eigenvalue weighted by Gasteiger charge is -2.20. The Labute approximate surface area is 93.0 Å². The zero-order chi connectivity index (χ0) is 10.8. The lowest BCUT2D eigenvalue weighted by Crippen LogP contribution is -2.27. The molecule has 2 rings (SSSR count). The van der Waals surface area contributed by atoms with Gasteiger partial charge in [-0.2, -0.15) is 0 Å². The Kier molecular flexibility index (Phi) is 2.88. The summed E-state index contributed by atoms with van der Waals surface area (Å²) in [5, 5.41) is 12.6. The summed E-state index contributed by atoms with van der Waals surface area (Å²) in [6.07, 6.45) is 1.47. The maximum atomic E-state index is 9.34. The van der Waals surface area contributed by atoms with Crippen LogP contribution in [0, 0.1) is 0 Å². The van der Waals surface area contributed by atoms with Gasteiger partial charge in [-0.3, -0.25) is 0 Å². The molecule has 2 aromatic rings. The van der Waals surface area contributed by atoms with Crippen molar-refractivity contribution in [2.45, 2.75) is 13.0 Å². The van der Waals surface area contributed by atoms with Crippen LogP contribution >= 0.6 is 11.3 Å². The average molecular weight is 222 g/mol. The summed E-state index contributed by atoms with van der Waals surface area (Å²) < 4.78 is 1.23. The third kappa shape index (κ3) is 2.11. The minimum Gasteiger partial charge on any atom is -0.392 e. The van der Waals surface area contributed by atoms with Crippen molar-refractivity contribution in [2.24, 2.45) is 0 Å². The van der Waals surface area contributed by atoms with Gasteiger partial charge in [-0.25, -0.2) is 4.98 Å². The van der Waals surface area contributed by atoms with Crippen LogP contribution in [0.2, 0.25) is 0 Å². The van der Waals surface area contributed by atoms with Crippen LogP contribution < -0.4 is 4.90 Å². The van der Waals surface area contributed by atoms with Crippen molar-refractivity contribution in [3.63, 3.8) is 0 Å². The zero-order valence-corrected chi connectivity index (χ0v) is 9.66. The predicted molar refractivity (Wildman–Crippen MR) is 64.6 cm³/mol. The molecule has 0 aliphatic carbocycles. The number of hydrogen-bond acceptors (Lipinski definition) is 4. The van der Waals surface area contributed by atoms with E-state index < -0.39 is 0 Å². The number of fused-ring (bicyclic) bond motifs is 1. The van der Waals surface area contributed by atoms with Gasteiger partial charge in [0.2, 0.25) is 0 Å². The molecule has 1 unspecified atom stereocenters. The summed E-state index contributed by atoms with van der Waals surface area (Å²) in [7, 11) is 1.95. The summed E-state index contributed by atoms with van der Waals surface area (Å²) in [5.41, 5.74) is 0. The first-order valence-corrected chi connectivity index (χ1v) is 5.78. The van der Waals surface area contributed by atoms with Crippen molar-refractivity contribution in [3.05, 3.63) is 23.7 Å². The summed E-state index contributed by atoms with van der Waals surface area (Å²) in [5.74, 6) is 0.939. The lowest BCUT2D eigenvalue weighted by atomic mass is 10.3. The molecule has 0 aliphatic heterocycles. The van der Waals surface area contributed by atoms with Crippen LogP contribution in [0.1, 0.15) is 6.92 Å². The maximum absolute atomic E-state index is 9.34. The van der Waals surface area contributed by atoms with Crippen LogP contribution in [-0.4, -0.2) is 29.8 Å². The lowest BCUT2D eigenvalue weighted by molar-refractivity contribution is 0.201. The second kappa shape index (κ2) is 4.16. The Balaban J connectivity index is 2.38. The van der Waals surface area contributed by atoms with Crippen molar-refractivity contribution >= 4 is 27.2 Å². The molecule has 2 aromatic heterocycles. The molecular formula is C11H14N2OS. The van der Waals surface area contributed by atoms with Crippen molar-refractivity contribution in [1.29, 1.82) is 0 Å². The van der Waals surface area contributed by atoms with Crippen LogP contribution in [0.4, 0.5) is 5.82 Å². The molecule has 1 atom stereocenters. The van der Waals surface area contributed by atoms with Crippen LogP contribution in [0.3, 0.4) is 0 Å². The zero-order valence-electron chi connectivity index (χ0n) is 8.84. The quantitative estimate of drug-likeness (QED) is 0.864. The van der Waals surface area contributed by atoms with E-state index in [1.165, 1.54) is 4.70 Å². The minimum atomic E-state index is -0.342. The van der Waals surface area contributed by atoms with E-state index >= 15 is 0 Å². The normalized spacial score (nSPS) is 13.0. The monoisotopic (exact) mass is 222 g/mol. The van der Waals surface area contributed by atoms with Gasteiger partial charge in [0.15, 0.2) is 0 Å². The molecule has 1 N–H and O–H groups in total. The van der Waals surface area contributed by atoms with Crippen molar-refractivity contribution < 1.29 is 5.11 Å². The number of aromatic nitrogens is 1.